The van der Waals surface area contributed by atoms with Crippen LogP contribution in [-0.2, 0) is 19.1 Å². The Morgan fingerprint density at radius 1 is 1.14 bits per heavy atom. The second-order valence-electron chi connectivity index (χ2n) is 9.98. The number of hydrogen-bond donors (Lipinski definition) is 3. The van der Waals surface area contributed by atoms with Gasteiger partial charge in [0.1, 0.15) is 11.6 Å². The molecule has 5 atom stereocenters. The molecule has 1 spiro atoms. The normalized spacial score (nSPS) is 30.9. The molecule has 0 radical (unpaired) electrons. The van der Waals surface area contributed by atoms with E-state index in [0.717, 1.165) is 25.2 Å². The lowest BCUT2D eigenvalue weighted by Crippen LogP contribution is -2.53. The number of rotatable bonds is 10. The van der Waals surface area contributed by atoms with Gasteiger partial charge >= 0.3 is 0 Å². The molecule has 1 aromatic rings. The van der Waals surface area contributed by atoms with Gasteiger partial charge < -0.3 is 30.3 Å². The van der Waals surface area contributed by atoms with E-state index in [1.54, 1.807) is 0 Å². The molecule has 0 saturated carbocycles. The van der Waals surface area contributed by atoms with Gasteiger partial charge in [0.25, 0.3) is 0 Å². The molecule has 3 amide bonds. The van der Waals surface area contributed by atoms with Crippen LogP contribution in [0.2, 0.25) is 0 Å². The van der Waals surface area contributed by atoms with E-state index >= 15 is 0 Å². The fourth-order valence-electron chi connectivity index (χ4n) is 6.39. The molecule has 2 unspecified atom stereocenters. The van der Waals surface area contributed by atoms with Crippen molar-refractivity contribution in [1.82, 2.24) is 10.2 Å². The maximum Gasteiger partial charge on any atom is 0.250 e. The number of hydrogen-bond acceptors (Lipinski definition) is 6. The number of amides is 3. The van der Waals surface area contributed by atoms with Gasteiger partial charge in [-0.05, 0) is 64.3 Å². The number of benzene rings is 1. The number of ether oxygens (including phenoxy) is 1. The van der Waals surface area contributed by atoms with Gasteiger partial charge in [0.2, 0.25) is 17.7 Å². The highest BCUT2D eigenvalue weighted by Crippen LogP contribution is 2.63. The molecule has 3 heterocycles. The summed E-state index contributed by atoms with van der Waals surface area (Å²) in [5.41, 5.74) is -0.192. The Balaban J connectivity index is 1.62. The number of fused-ring (bicyclic) bond motifs is 1. The molecule has 4 rings (SSSR count). The summed E-state index contributed by atoms with van der Waals surface area (Å²) in [4.78, 5) is 44.1. The third-order valence-electron chi connectivity index (χ3n) is 7.96. The third kappa shape index (κ3) is 4.08. The first-order valence-electron chi connectivity index (χ1n) is 12.8. The zero-order valence-electron chi connectivity index (χ0n) is 21.2. The molecule has 9 nitrogen and oxygen atoms in total. The van der Waals surface area contributed by atoms with Crippen molar-refractivity contribution >= 4 is 29.1 Å². The molecule has 192 valence electrons. The molecule has 9 heteroatoms. The number of anilines is 2. The van der Waals surface area contributed by atoms with E-state index in [0.29, 0.717) is 25.1 Å². The summed E-state index contributed by atoms with van der Waals surface area (Å²) in [5, 5.41) is 15.6. The van der Waals surface area contributed by atoms with Crippen LogP contribution >= 0.6 is 0 Å². The Morgan fingerprint density at radius 3 is 2.43 bits per heavy atom. The van der Waals surface area contributed by atoms with E-state index in [-0.39, 0.29) is 30.9 Å². The van der Waals surface area contributed by atoms with Crippen molar-refractivity contribution in [2.24, 2.45) is 11.8 Å². The van der Waals surface area contributed by atoms with Gasteiger partial charge in [-0.1, -0.05) is 6.92 Å². The largest absolute Gasteiger partial charge is 0.395 e. The fraction of sp³-hybridized carbons (Fsp3) is 0.654. The number of aliphatic hydroxyl groups is 1. The average molecular weight is 487 g/mol. The van der Waals surface area contributed by atoms with Crippen LogP contribution in [0.15, 0.2) is 24.3 Å². The lowest BCUT2D eigenvalue weighted by Gasteiger charge is -2.33. The number of carbonyl (C=O) groups excluding carboxylic acids is 3. The van der Waals surface area contributed by atoms with E-state index in [9.17, 15) is 19.5 Å². The Morgan fingerprint density at radius 2 is 1.83 bits per heavy atom. The molecular weight excluding hydrogens is 448 g/mol. The molecule has 3 saturated heterocycles. The summed E-state index contributed by atoms with van der Waals surface area (Å²) >= 11 is 0. The number of carbonyl (C=O) groups is 3. The van der Waals surface area contributed by atoms with Crippen molar-refractivity contribution < 1.29 is 24.2 Å². The van der Waals surface area contributed by atoms with Gasteiger partial charge in [-0.15, -0.1) is 0 Å². The van der Waals surface area contributed by atoms with Crippen LogP contribution in [0.25, 0.3) is 0 Å². The molecule has 1 aromatic carbocycles. The Bertz CT molecular complexity index is 965. The second-order valence-corrected chi connectivity index (χ2v) is 9.98. The summed E-state index contributed by atoms with van der Waals surface area (Å²) in [6, 6.07) is 6.70. The monoisotopic (exact) mass is 486 g/mol. The Kier molecular flexibility index (Phi) is 7.11. The van der Waals surface area contributed by atoms with E-state index < -0.39 is 29.1 Å². The minimum Gasteiger partial charge on any atom is -0.395 e. The van der Waals surface area contributed by atoms with Gasteiger partial charge in [-0.25, -0.2) is 0 Å². The predicted octanol–water partition coefficient (Wildman–Crippen LogP) is 1.75. The molecule has 3 aliphatic heterocycles. The first kappa shape index (κ1) is 25.4. The molecule has 3 N–H and O–H groups in total. The summed E-state index contributed by atoms with van der Waals surface area (Å²) in [6.07, 6.45) is 1.89. The Hall–Kier alpha value is -2.65. The van der Waals surface area contributed by atoms with Crippen LogP contribution in [0.3, 0.4) is 0 Å². The minimum absolute atomic E-state index is 0.0133. The van der Waals surface area contributed by atoms with E-state index in [2.05, 4.69) is 29.4 Å². The molecule has 3 aliphatic rings. The first-order chi connectivity index (χ1) is 16.8. The molecule has 3 fully saturated rings. The van der Waals surface area contributed by atoms with Gasteiger partial charge in [-0.2, -0.15) is 0 Å². The van der Waals surface area contributed by atoms with Gasteiger partial charge in [0, 0.05) is 37.6 Å². The average Bonchev–Trinajstić information content (AvgIpc) is 3.40. The highest BCUT2D eigenvalue weighted by Gasteiger charge is 2.77. The van der Waals surface area contributed by atoms with E-state index in [1.165, 1.54) is 4.90 Å². The van der Waals surface area contributed by atoms with Crippen LogP contribution in [0.4, 0.5) is 11.4 Å². The lowest BCUT2D eigenvalue weighted by molar-refractivity contribution is -0.145. The number of likely N-dealkylation sites (tertiary alicyclic amines) is 1. The number of aliphatic hydroxyl groups excluding tert-OH is 1. The SMILES string of the molecule is CCCNC(=O)[C@@H]1[C@H]2C(=O)N(CCO)C(C(=O)Nc3ccc(N(CC)CC)cc3)C23CC[C@@]1(C)O3. The van der Waals surface area contributed by atoms with Crippen molar-refractivity contribution in [1.29, 1.82) is 0 Å². The van der Waals surface area contributed by atoms with Crippen LogP contribution in [-0.4, -0.2) is 77.8 Å². The van der Waals surface area contributed by atoms with Crippen LogP contribution in [0.5, 0.6) is 0 Å². The molecule has 0 aliphatic carbocycles. The van der Waals surface area contributed by atoms with Crippen LogP contribution in [0.1, 0.15) is 47.0 Å². The molecule has 35 heavy (non-hydrogen) atoms. The summed E-state index contributed by atoms with van der Waals surface area (Å²) in [6.45, 7) is 10.1. The van der Waals surface area contributed by atoms with Crippen molar-refractivity contribution in [3.05, 3.63) is 24.3 Å². The number of nitrogens with one attached hydrogen (secondary N) is 2. The summed E-state index contributed by atoms with van der Waals surface area (Å²) in [5.74, 6) is -2.26. The van der Waals surface area contributed by atoms with Crippen molar-refractivity contribution in [2.45, 2.75) is 64.2 Å². The zero-order chi connectivity index (χ0) is 25.4. The third-order valence-corrected chi connectivity index (χ3v) is 7.96. The molecular formula is C26H38N4O5. The highest BCUT2D eigenvalue weighted by molar-refractivity contribution is 6.03. The quantitative estimate of drug-likeness (QED) is 0.465. The topological polar surface area (TPSA) is 111 Å². The maximum absolute atomic E-state index is 13.7. The number of β-amino-alcohol motifs (C(OH)–C–C–N with tert-alkyl or cyclic N) is 1. The fourth-order valence-corrected chi connectivity index (χ4v) is 6.39. The lowest BCUT2D eigenvalue weighted by atomic mass is 9.66. The van der Waals surface area contributed by atoms with Gasteiger partial charge in [0.05, 0.1) is 24.0 Å². The predicted molar refractivity (Wildman–Crippen MR) is 133 cm³/mol. The number of nitrogens with zero attached hydrogens (tertiary/aromatic N) is 2. The van der Waals surface area contributed by atoms with Gasteiger partial charge in [0.15, 0.2) is 0 Å². The zero-order valence-corrected chi connectivity index (χ0v) is 21.2. The maximum atomic E-state index is 13.7. The van der Waals surface area contributed by atoms with Crippen molar-refractivity contribution in [3.8, 4) is 0 Å². The van der Waals surface area contributed by atoms with Crippen molar-refractivity contribution in [3.63, 3.8) is 0 Å². The second kappa shape index (κ2) is 9.78. The highest BCUT2D eigenvalue weighted by atomic mass is 16.5. The summed E-state index contributed by atoms with van der Waals surface area (Å²) in [7, 11) is 0. The minimum atomic E-state index is -1.08. The van der Waals surface area contributed by atoms with E-state index in [4.69, 9.17) is 4.74 Å². The smallest absolute Gasteiger partial charge is 0.250 e. The Labute approximate surface area is 207 Å². The molecule has 0 aromatic heterocycles. The van der Waals surface area contributed by atoms with Crippen LogP contribution in [0, 0.1) is 11.8 Å². The summed E-state index contributed by atoms with van der Waals surface area (Å²) < 4.78 is 6.51. The van der Waals surface area contributed by atoms with Gasteiger partial charge in [-0.3, -0.25) is 14.4 Å². The van der Waals surface area contributed by atoms with Crippen LogP contribution < -0.4 is 15.5 Å². The first-order valence-corrected chi connectivity index (χ1v) is 12.8. The van der Waals surface area contributed by atoms with Crippen molar-refractivity contribution in [2.75, 3.05) is 43.0 Å². The standard InChI is InChI=1S/C26H38N4O5/c1-5-14-27-22(32)19-20-24(34)30(15-16-31)21(26(20)13-12-25(19,4)35-26)23(33)28-17-8-10-18(11-9-17)29(6-2)7-3/h8-11,19-21,31H,5-7,12-16H2,1-4H3,(H,27,32)(H,28,33)/t19-,20-,21?,25+,26?/m0/s1. The van der Waals surface area contributed by atoms with E-state index in [1.807, 2.05) is 38.1 Å². The molecule has 2 bridgehead atoms.